The molecule has 4 N–H and O–H groups in total. The van der Waals surface area contributed by atoms with Crippen LogP contribution in [0.15, 0.2) is 36.5 Å². The molecule has 0 unspecified atom stereocenters. The Labute approximate surface area is 149 Å². The molecule has 1 aliphatic rings. The molecule has 0 atom stereocenters. The average molecular weight is 338 g/mol. The fourth-order valence-electron chi connectivity index (χ4n) is 2.99. The first kappa shape index (κ1) is 17.4. The van der Waals surface area contributed by atoms with E-state index in [1.54, 1.807) is 0 Å². The summed E-state index contributed by atoms with van der Waals surface area (Å²) in [6.07, 6.45) is 3.30. The Morgan fingerprint density at radius 2 is 1.84 bits per heavy atom. The molecule has 3 rings (SSSR count). The Kier molecular flexibility index (Phi) is 5.31. The first-order chi connectivity index (χ1) is 12.1. The molecule has 6 nitrogen and oxygen atoms in total. The summed E-state index contributed by atoms with van der Waals surface area (Å²) in [5.41, 5.74) is 4.04. The van der Waals surface area contributed by atoms with Crippen molar-refractivity contribution in [2.45, 2.75) is 19.9 Å². The number of hydrogen-bond donors (Lipinski definition) is 3. The third-order valence-electron chi connectivity index (χ3n) is 4.37. The van der Waals surface area contributed by atoms with Gasteiger partial charge in [-0.15, -0.1) is 0 Å². The lowest BCUT2D eigenvalue weighted by Crippen LogP contribution is -2.49. The van der Waals surface area contributed by atoms with Crippen LogP contribution in [-0.4, -0.2) is 48.4 Å². The average Bonchev–Trinajstić information content (AvgIpc) is 2.62. The molecule has 1 aromatic carbocycles. The molecule has 1 aliphatic heterocycles. The van der Waals surface area contributed by atoms with Crippen LogP contribution < -0.4 is 16.1 Å². The lowest BCUT2D eigenvalue weighted by molar-refractivity contribution is 0.265. The van der Waals surface area contributed by atoms with Crippen molar-refractivity contribution in [1.29, 1.82) is 5.41 Å². The Hall–Kier alpha value is -2.44. The van der Waals surface area contributed by atoms with Gasteiger partial charge < -0.3 is 15.6 Å². The largest absolute Gasteiger partial charge is 0.382 e. The van der Waals surface area contributed by atoms with Crippen molar-refractivity contribution in [3.05, 3.63) is 42.1 Å². The Morgan fingerprint density at radius 1 is 1.12 bits per heavy atom. The second-order valence-corrected chi connectivity index (χ2v) is 6.67. The quantitative estimate of drug-likeness (QED) is 0.577. The molecule has 0 spiro atoms. The van der Waals surface area contributed by atoms with Crippen LogP contribution in [-0.2, 0) is 0 Å². The zero-order valence-corrected chi connectivity index (χ0v) is 14.9. The third kappa shape index (κ3) is 4.15. The summed E-state index contributed by atoms with van der Waals surface area (Å²) in [5.74, 6) is 6.81. The van der Waals surface area contributed by atoms with E-state index in [0.717, 1.165) is 54.4 Å². The summed E-state index contributed by atoms with van der Waals surface area (Å²) >= 11 is 0. The predicted octanol–water partition coefficient (Wildman–Crippen LogP) is 2.56. The van der Waals surface area contributed by atoms with Gasteiger partial charge in [-0.3, -0.25) is 5.84 Å². The fraction of sp³-hybridized carbons (Fsp3) is 0.368. The number of rotatable bonds is 5. The number of piperazine rings is 1. The number of pyridine rings is 1. The molecule has 0 radical (unpaired) electrons. The fourth-order valence-corrected chi connectivity index (χ4v) is 2.99. The van der Waals surface area contributed by atoms with Gasteiger partial charge in [-0.2, -0.15) is 0 Å². The predicted molar refractivity (Wildman–Crippen MR) is 104 cm³/mol. The summed E-state index contributed by atoms with van der Waals surface area (Å²) in [5, 5.41) is 12.8. The normalized spacial score (nSPS) is 15.4. The standard InChI is InChI=1S/C19H26N6/c1-14(2)23-18-11-15(3-4-16(18)12-20)17-5-6-19(22-13-17)24-7-9-25(21)10-8-24/h3-6,11-14,20,23H,7-10,21H2,1-2H3. The number of hydrazine groups is 1. The molecule has 6 heteroatoms. The first-order valence-electron chi connectivity index (χ1n) is 8.69. The monoisotopic (exact) mass is 338 g/mol. The minimum atomic E-state index is 0.315. The Morgan fingerprint density at radius 3 is 2.44 bits per heavy atom. The van der Waals surface area contributed by atoms with Gasteiger partial charge in [0.25, 0.3) is 0 Å². The number of nitrogens with zero attached hydrogens (tertiary/aromatic N) is 3. The van der Waals surface area contributed by atoms with Gasteiger partial charge in [0.2, 0.25) is 0 Å². The molecule has 0 aliphatic carbocycles. The highest BCUT2D eigenvalue weighted by Gasteiger charge is 2.15. The number of nitrogens with one attached hydrogen (secondary N) is 2. The highest BCUT2D eigenvalue weighted by molar-refractivity contribution is 5.88. The molecule has 0 bridgehead atoms. The second kappa shape index (κ2) is 7.63. The number of benzene rings is 1. The van der Waals surface area contributed by atoms with Gasteiger partial charge in [-0.1, -0.05) is 12.1 Å². The molecule has 1 saturated heterocycles. The maximum atomic E-state index is 7.56. The summed E-state index contributed by atoms with van der Waals surface area (Å²) in [4.78, 5) is 6.90. The molecular formula is C19H26N6. The van der Waals surface area contributed by atoms with Crippen LogP contribution in [0.1, 0.15) is 19.4 Å². The van der Waals surface area contributed by atoms with E-state index in [1.165, 1.54) is 6.21 Å². The molecule has 0 amide bonds. The molecule has 132 valence electrons. The smallest absolute Gasteiger partial charge is 0.128 e. The van der Waals surface area contributed by atoms with Gasteiger partial charge in [-0.25, -0.2) is 9.99 Å². The molecule has 1 aromatic heterocycles. The van der Waals surface area contributed by atoms with Gasteiger partial charge in [0.1, 0.15) is 5.82 Å². The summed E-state index contributed by atoms with van der Waals surface area (Å²) in [7, 11) is 0. The molecule has 0 saturated carbocycles. The number of nitrogens with two attached hydrogens (primary N) is 1. The van der Waals surface area contributed by atoms with Gasteiger partial charge >= 0.3 is 0 Å². The molecular weight excluding hydrogens is 312 g/mol. The van der Waals surface area contributed by atoms with Crippen molar-refractivity contribution in [3.8, 4) is 11.1 Å². The number of aromatic nitrogens is 1. The maximum absolute atomic E-state index is 7.56. The molecule has 25 heavy (non-hydrogen) atoms. The van der Waals surface area contributed by atoms with Crippen molar-refractivity contribution in [2.24, 2.45) is 5.84 Å². The minimum absolute atomic E-state index is 0.315. The van der Waals surface area contributed by atoms with E-state index in [0.29, 0.717) is 6.04 Å². The number of anilines is 2. The van der Waals surface area contributed by atoms with Crippen molar-refractivity contribution in [3.63, 3.8) is 0 Å². The van der Waals surface area contributed by atoms with E-state index in [4.69, 9.17) is 11.3 Å². The number of hydrogen-bond acceptors (Lipinski definition) is 6. The van der Waals surface area contributed by atoms with E-state index in [1.807, 2.05) is 23.3 Å². The Balaban J connectivity index is 1.81. The summed E-state index contributed by atoms with van der Waals surface area (Å²) in [6, 6.07) is 10.6. The molecule has 2 heterocycles. The van der Waals surface area contributed by atoms with Crippen LogP contribution in [0.2, 0.25) is 0 Å². The van der Waals surface area contributed by atoms with E-state index in [2.05, 4.69) is 47.2 Å². The molecule has 2 aromatic rings. The van der Waals surface area contributed by atoms with Gasteiger partial charge in [0.15, 0.2) is 0 Å². The van der Waals surface area contributed by atoms with E-state index >= 15 is 0 Å². The van der Waals surface area contributed by atoms with Crippen LogP contribution in [0.5, 0.6) is 0 Å². The summed E-state index contributed by atoms with van der Waals surface area (Å²) < 4.78 is 0. The van der Waals surface area contributed by atoms with Gasteiger partial charge in [0, 0.05) is 61.4 Å². The lowest BCUT2D eigenvalue weighted by atomic mass is 10.0. The van der Waals surface area contributed by atoms with Crippen molar-refractivity contribution < 1.29 is 0 Å². The summed E-state index contributed by atoms with van der Waals surface area (Å²) in [6.45, 7) is 7.71. The highest BCUT2D eigenvalue weighted by Crippen LogP contribution is 2.26. The van der Waals surface area contributed by atoms with Crippen molar-refractivity contribution in [2.75, 3.05) is 36.4 Å². The zero-order valence-electron chi connectivity index (χ0n) is 14.9. The van der Waals surface area contributed by atoms with Gasteiger partial charge in [-0.05, 0) is 37.6 Å². The highest BCUT2D eigenvalue weighted by atomic mass is 15.4. The topological polar surface area (TPSA) is 81.3 Å². The Bertz CT molecular complexity index is 717. The lowest BCUT2D eigenvalue weighted by Gasteiger charge is -2.32. The molecule has 1 fully saturated rings. The van der Waals surface area contributed by atoms with E-state index < -0.39 is 0 Å². The third-order valence-corrected chi connectivity index (χ3v) is 4.37. The van der Waals surface area contributed by atoms with Crippen LogP contribution in [0.25, 0.3) is 11.1 Å². The van der Waals surface area contributed by atoms with E-state index in [-0.39, 0.29) is 0 Å². The second-order valence-electron chi connectivity index (χ2n) is 6.67. The van der Waals surface area contributed by atoms with Crippen LogP contribution in [0.3, 0.4) is 0 Å². The van der Waals surface area contributed by atoms with E-state index in [9.17, 15) is 0 Å². The minimum Gasteiger partial charge on any atom is -0.382 e. The van der Waals surface area contributed by atoms with Crippen molar-refractivity contribution in [1.82, 2.24) is 9.99 Å². The first-order valence-corrected chi connectivity index (χ1v) is 8.69. The SMILES string of the molecule is CC(C)Nc1cc(-c2ccc(N3CCN(N)CC3)nc2)ccc1C=N. The van der Waals surface area contributed by atoms with Gasteiger partial charge in [0.05, 0.1) is 0 Å². The van der Waals surface area contributed by atoms with Crippen LogP contribution >= 0.6 is 0 Å². The van der Waals surface area contributed by atoms with Crippen LogP contribution in [0.4, 0.5) is 11.5 Å². The van der Waals surface area contributed by atoms with Crippen molar-refractivity contribution >= 4 is 17.7 Å². The zero-order chi connectivity index (χ0) is 17.8. The van der Waals surface area contributed by atoms with Crippen LogP contribution in [0, 0.1) is 5.41 Å². The maximum Gasteiger partial charge on any atom is 0.128 e.